The molecular formula is C16H22N2O. The molecule has 2 aliphatic heterocycles. The lowest BCUT2D eigenvalue weighted by Gasteiger charge is -2.23. The molecule has 1 amide bonds. The maximum absolute atomic E-state index is 12.5. The molecule has 3 nitrogen and oxygen atoms in total. The van der Waals surface area contributed by atoms with Crippen LogP contribution in [0.15, 0.2) is 24.3 Å². The van der Waals surface area contributed by atoms with Gasteiger partial charge in [-0.2, -0.15) is 0 Å². The average molecular weight is 258 g/mol. The summed E-state index contributed by atoms with van der Waals surface area (Å²) < 4.78 is 0. The molecule has 2 heterocycles. The Morgan fingerprint density at radius 1 is 1.21 bits per heavy atom. The van der Waals surface area contributed by atoms with Gasteiger partial charge in [-0.3, -0.25) is 9.69 Å². The topological polar surface area (TPSA) is 23.6 Å². The molecule has 2 fully saturated rings. The molecule has 0 aliphatic carbocycles. The van der Waals surface area contributed by atoms with Gasteiger partial charge in [0.1, 0.15) is 0 Å². The van der Waals surface area contributed by atoms with E-state index in [9.17, 15) is 4.79 Å². The summed E-state index contributed by atoms with van der Waals surface area (Å²) in [6.07, 6.45) is 3.78. The molecular weight excluding hydrogens is 236 g/mol. The molecule has 3 rings (SSSR count). The monoisotopic (exact) mass is 258 g/mol. The highest BCUT2D eigenvalue weighted by Crippen LogP contribution is 2.22. The summed E-state index contributed by atoms with van der Waals surface area (Å²) in [5.41, 5.74) is 1.99. The molecule has 0 radical (unpaired) electrons. The van der Waals surface area contributed by atoms with Crippen LogP contribution in [-0.2, 0) is 0 Å². The molecule has 2 aliphatic rings. The Bertz CT molecular complexity index is 466. The van der Waals surface area contributed by atoms with E-state index in [1.54, 1.807) is 0 Å². The minimum Gasteiger partial charge on any atom is -0.337 e. The quantitative estimate of drug-likeness (QED) is 0.812. The first kappa shape index (κ1) is 12.7. The smallest absolute Gasteiger partial charge is 0.253 e. The van der Waals surface area contributed by atoms with Gasteiger partial charge in [0.25, 0.3) is 5.91 Å². The van der Waals surface area contributed by atoms with Crippen LogP contribution in [0.5, 0.6) is 0 Å². The predicted octanol–water partition coefficient (Wildman–Crippen LogP) is 2.31. The highest BCUT2D eigenvalue weighted by atomic mass is 16.2. The minimum atomic E-state index is 0.199. The summed E-state index contributed by atoms with van der Waals surface area (Å²) in [6.45, 7) is 6.29. The summed E-state index contributed by atoms with van der Waals surface area (Å²) in [7, 11) is 0. The van der Waals surface area contributed by atoms with Gasteiger partial charge in [-0.15, -0.1) is 0 Å². The van der Waals surface area contributed by atoms with Crippen molar-refractivity contribution < 1.29 is 4.79 Å². The maximum atomic E-state index is 12.5. The molecule has 0 bridgehead atoms. The summed E-state index contributed by atoms with van der Waals surface area (Å²) in [5, 5.41) is 0. The minimum absolute atomic E-state index is 0.199. The van der Waals surface area contributed by atoms with Gasteiger partial charge in [0, 0.05) is 24.7 Å². The number of likely N-dealkylation sites (tertiary alicyclic amines) is 2. The third-order valence-electron chi connectivity index (χ3n) is 4.37. The second-order valence-corrected chi connectivity index (χ2v) is 5.81. The predicted molar refractivity (Wildman–Crippen MR) is 76.3 cm³/mol. The molecule has 102 valence electrons. The van der Waals surface area contributed by atoms with Gasteiger partial charge in [0.15, 0.2) is 0 Å². The molecule has 0 aromatic heterocycles. The Morgan fingerprint density at radius 3 is 2.74 bits per heavy atom. The van der Waals surface area contributed by atoms with E-state index in [-0.39, 0.29) is 5.91 Å². The zero-order valence-electron chi connectivity index (χ0n) is 11.6. The van der Waals surface area contributed by atoms with Crippen LogP contribution in [0.25, 0.3) is 0 Å². The van der Waals surface area contributed by atoms with E-state index in [1.165, 1.54) is 25.9 Å². The number of hydrogen-bond donors (Lipinski definition) is 0. The largest absolute Gasteiger partial charge is 0.337 e. The number of aryl methyl sites for hydroxylation is 1. The third-order valence-corrected chi connectivity index (χ3v) is 4.37. The van der Waals surface area contributed by atoms with Crippen LogP contribution >= 0.6 is 0 Å². The first-order chi connectivity index (χ1) is 9.24. The third kappa shape index (κ3) is 2.66. The van der Waals surface area contributed by atoms with E-state index < -0.39 is 0 Å². The van der Waals surface area contributed by atoms with Crippen LogP contribution < -0.4 is 0 Å². The fraction of sp³-hybridized carbons (Fsp3) is 0.562. The second kappa shape index (κ2) is 5.33. The van der Waals surface area contributed by atoms with Crippen molar-refractivity contribution in [2.75, 3.05) is 26.2 Å². The van der Waals surface area contributed by atoms with E-state index in [2.05, 4.69) is 4.90 Å². The SMILES string of the molecule is Cc1cccc(C(=O)N2CCC(N3CCCC3)C2)c1. The average Bonchev–Trinajstić information content (AvgIpc) is 3.08. The standard InChI is InChI=1S/C16H22N2O/c1-13-5-4-6-14(11-13)16(19)18-10-7-15(12-18)17-8-2-3-9-17/h4-6,11,15H,2-3,7-10,12H2,1H3. The van der Waals surface area contributed by atoms with Crippen molar-refractivity contribution in [1.29, 1.82) is 0 Å². The van der Waals surface area contributed by atoms with Gasteiger partial charge in [-0.05, 0) is 51.4 Å². The van der Waals surface area contributed by atoms with Gasteiger partial charge >= 0.3 is 0 Å². The van der Waals surface area contributed by atoms with E-state index in [0.717, 1.165) is 30.6 Å². The van der Waals surface area contributed by atoms with E-state index in [0.29, 0.717) is 6.04 Å². The van der Waals surface area contributed by atoms with Crippen molar-refractivity contribution >= 4 is 5.91 Å². The molecule has 1 aromatic rings. The van der Waals surface area contributed by atoms with Gasteiger partial charge in [0.05, 0.1) is 0 Å². The molecule has 3 heteroatoms. The number of amides is 1. The number of nitrogens with zero attached hydrogens (tertiary/aromatic N) is 2. The lowest BCUT2D eigenvalue weighted by molar-refractivity contribution is 0.0780. The first-order valence-corrected chi connectivity index (χ1v) is 7.34. The summed E-state index contributed by atoms with van der Waals surface area (Å²) in [5.74, 6) is 0.199. The number of rotatable bonds is 2. The van der Waals surface area contributed by atoms with Crippen LogP contribution in [-0.4, -0.2) is 47.9 Å². The van der Waals surface area contributed by atoms with E-state index in [1.807, 2.05) is 36.1 Å². The van der Waals surface area contributed by atoms with Crippen molar-refractivity contribution in [2.45, 2.75) is 32.2 Å². The van der Waals surface area contributed by atoms with Crippen molar-refractivity contribution in [3.05, 3.63) is 35.4 Å². The van der Waals surface area contributed by atoms with Crippen molar-refractivity contribution in [1.82, 2.24) is 9.80 Å². The van der Waals surface area contributed by atoms with E-state index in [4.69, 9.17) is 0 Å². The summed E-state index contributed by atoms with van der Waals surface area (Å²) in [6, 6.07) is 8.52. The second-order valence-electron chi connectivity index (χ2n) is 5.81. The highest BCUT2D eigenvalue weighted by Gasteiger charge is 2.31. The van der Waals surface area contributed by atoms with Crippen LogP contribution in [0.3, 0.4) is 0 Å². The molecule has 0 spiro atoms. The number of hydrogen-bond acceptors (Lipinski definition) is 2. The van der Waals surface area contributed by atoms with Crippen LogP contribution in [0.1, 0.15) is 35.2 Å². The molecule has 2 saturated heterocycles. The lowest BCUT2D eigenvalue weighted by Crippen LogP contribution is -2.37. The Hall–Kier alpha value is -1.35. The van der Waals surface area contributed by atoms with Crippen LogP contribution in [0.4, 0.5) is 0 Å². The van der Waals surface area contributed by atoms with Crippen molar-refractivity contribution in [2.24, 2.45) is 0 Å². The normalized spacial score (nSPS) is 24.1. The van der Waals surface area contributed by atoms with Gasteiger partial charge in [0.2, 0.25) is 0 Å². The molecule has 0 saturated carbocycles. The molecule has 1 aromatic carbocycles. The molecule has 1 atom stereocenters. The lowest BCUT2D eigenvalue weighted by atomic mass is 10.1. The highest BCUT2D eigenvalue weighted by molar-refractivity contribution is 5.94. The van der Waals surface area contributed by atoms with Crippen LogP contribution in [0.2, 0.25) is 0 Å². The summed E-state index contributed by atoms with van der Waals surface area (Å²) >= 11 is 0. The van der Waals surface area contributed by atoms with E-state index >= 15 is 0 Å². The van der Waals surface area contributed by atoms with Gasteiger partial charge in [-0.25, -0.2) is 0 Å². The maximum Gasteiger partial charge on any atom is 0.253 e. The first-order valence-electron chi connectivity index (χ1n) is 7.34. The Balaban J connectivity index is 1.65. The Morgan fingerprint density at radius 2 is 2.00 bits per heavy atom. The number of carbonyl (C=O) groups excluding carboxylic acids is 1. The molecule has 0 N–H and O–H groups in total. The van der Waals surface area contributed by atoms with Gasteiger partial charge < -0.3 is 4.90 Å². The summed E-state index contributed by atoms with van der Waals surface area (Å²) in [4.78, 5) is 17.1. The van der Waals surface area contributed by atoms with Gasteiger partial charge in [-0.1, -0.05) is 17.7 Å². The zero-order valence-corrected chi connectivity index (χ0v) is 11.6. The zero-order chi connectivity index (χ0) is 13.2. The molecule has 19 heavy (non-hydrogen) atoms. The number of benzene rings is 1. The van der Waals surface area contributed by atoms with Crippen molar-refractivity contribution in [3.63, 3.8) is 0 Å². The Labute approximate surface area is 115 Å². The Kier molecular flexibility index (Phi) is 3.56. The fourth-order valence-electron chi connectivity index (χ4n) is 3.29. The van der Waals surface area contributed by atoms with Crippen molar-refractivity contribution in [3.8, 4) is 0 Å². The van der Waals surface area contributed by atoms with Crippen LogP contribution in [0, 0.1) is 6.92 Å². The number of carbonyl (C=O) groups is 1. The fourth-order valence-corrected chi connectivity index (χ4v) is 3.29. The molecule has 1 unspecified atom stereocenters.